The van der Waals surface area contributed by atoms with Crippen molar-refractivity contribution in [2.45, 2.75) is 25.8 Å². The minimum Gasteiger partial charge on any atom is -0.327 e. The zero-order valence-corrected chi connectivity index (χ0v) is 15.1. The summed E-state index contributed by atoms with van der Waals surface area (Å²) in [6.45, 7) is 2.42. The highest BCUT2D eigenvalue weighted by molar-refractivity contribution is 6.35. The molecule has 1 N–H and O–H groups in total. The highest BCUT2D eigenvalue weighted by Gasteiger charge is 2.35. The summed E-state index contributed by atoms with van der Waals surface area (Å²) in [6.07, 6.45) is 3.03. The molecule has 0 saturated carbocycles. The molecule has 7 heteroatoms. The molecule has 1 aliphatic heterocycles. The Kier molecular flexibility index (Phi) is 5.25. The third kappa shape index (κ3) is 3.94. The first kappa shape index (κ1) is 17.7. The number of pyridine rings is 1. The van der Waals surface area contributed by atoms with E-state index in [0.29, 0.717) is 34.4 Å². The van der Waals surface area contributed by atoms with E-state index in [1.165, 1.54) is 6.07 Å². The number of amides is 2. The lowest BCUT2D eigenvalue weighted by Gasteiger charge is -2.24. The van der Waals surface area contributed by atoms with E-state index < -0.39 is 6.04 Å². The summed E-state index contributed by atoms with van der Waals surface area (Å²) in [5, 5.41) is 3.52. The molecule has 3 rings (SSSR count). The Bertz CT molecular complexity index is 808. The smallest absolute Gasteiger partial charge is 0.256 e. The van der Waals surface area contributed by atoms with Gasteiger partial charge in [-0.15, -0.1) is 0 Å². The zero-order valence-electron chi connectivity index (χ0n) is 13.6. The van der Waals surface area contributed by atoms with E-state index in [4.69, 9.17) is 23.2 Å². The third-order valence-electron chi connectivity index (χ3n) is 4.14. The first-order valence-corrected chi connectivity index (χ1v) is 8.71. The molecule has 0 radical (unpaired) electrons. The molecule has 0 unspecified atom stereocenters. The van der Waals surface area contributed by atoms with Gasteiger partial charge in [-0.1, -0.05) is 29.3 Å². The van der Waals surface area contributed by atoms with Crippen LogP contribution in [0.1, 0.15) is 28.8 Å². The van der Waals surface area contributed by atoms with Crippen LogP contribution in [0.2, 0.25) is 10.0 Å². The molecular formula is C18H17Cl2N3O2. The molecule has 0 bridgehead atoms. The first-order valence-electron chi connectivity index (χ1n) is 7.95. The summed E-state index contributed by atoms with van der Waals surface area (Å²) in [4.78, 5) is 31.1. The molecule has 1 saturated heterocycles. The third-order valence-corrected chi connectivity index (χ3v) is 4.70. The van der Waals surface area contributed by atoms with Gasteiger partial charge in [-0.05, 0) is 49.6 Å². The van der Waals surface area contributed by atoms with Crippen LogP contribution in [0.4, 0.5) is 5.82 Å². The van der Waals surface area contributed by atoms with Crippen molar-refractivity contribution in [3.05, 3.63) is 57.7 Å². The van der Waals surface area contributed by atoms with Crippen molar-refractivity contribution in [1.29, 1.82) is 0 Å². The van der Waals surface area contributed by atoms with Gasteiger partial charge in [-0.25, -0.2) is 4.98 Å². The number of carbonyl (C=O) groups is 2. The van der Waals surface area contributed by atoms with Gasteiger partial charge in [0.1, 0.15) is 11.9 Å². The maximum atomic E-state index is 12.8. The van der Waals surface area contributed by atoms with Crippen LogP contribution in [0, 0.1) is 6.92 Å². The highest BCUT2D eigenvalue weighted by atomic mass is 35.5. The minimum absolute atomic E-state index is 0.250. The first-order chi connectivity index (χ1) is 12.0. The number of nitrogens with zero attached hydrogens (tertiary/aromatic N) is 2. The van der Waals surface area contributed by atoms with E-state index in [-0.39, 0.29) is 11.8 Å². The van der Waals surface area contributed by atoms with Gasteiger partial charge < -0.3 is 10.2 Å². The number of nitrogens with one attached hydrogen (secondary N) is 1. The Hall–Kier alpha value is -2.11. The maximum absolute atomic E-state index is 12.8. The Labute approximate surface area is 155 Å². The molecule has 1 aliphatic rings. The number of halogens is 2. The average Bonchev–Trinajstić information content (AvgIpc) is 3.08. The summed E-state index contributed by atoms with van der Waals surface area (Å²) in [7, 11) is 0. The lowest BCUT2D eigenvalue weighted by atomic mass is 10.1. The van der Waals surface area contributed by atoms with Crippen LogP contribution in [0.3, 0.4) is 0 Å². The van der Waals surface area contributed by atoms with Crippen LogP contribution >= 0.6 is 23.2 Å². The molecule has 1 atom stereocenters. The van der Waals surface area contributed by atoms with Crippen molar-refractivity contribution < 1.29 is 9.59 Å². The molecule has 130 valence electrons. The largest absolute Gasteiger partial charge is 0.327 e. The molecule has 1 aromatic heterocycles. The topological polar surface area (TPSA) is 62.3 Å². The fraction of sp³-hybridized carbons (Fsp3) is 0.278. The van der Waals surface area contributed by atoms with Gasteiger partial charge in [-0.2, -0.15) is 0 Å². The van der Waals surface area contributed by atoms with Crippen LogP contribution < -0.4 is 5.32 Å². The predicted octanol–water partition coefficient (Wildman–Crippen LogP) is 3.94. The number of anilines is 1. The standard InChI is InChI=1S/C18H17Cl2N3O2/c1-11-4-7-16(21-10-11)22-17(24)15-3-2-8-23(15)18(25)13-9-12(19)5-6-14(13)20/h4-7,9-10,15H,2-3,8H2,1H3,(H,21,22,24)/t15-/m0/s1. The van der Waals surface area contributed by atoms with Gasteiger partial charge >= 0.3 is 0 Å². The number of carbonyl (C=O) groups excluding carboxylic acids is 2. The van der Waals surface area contributed by atoms with Crippen LogP contribution in [-0.2, 0) is 4.79 Å². The number of rotatable bonds is 3. The second kappa shape index (κ2) is 7.42. The molecule has 5 nitrogen and oxygen atoms in total. The average molecular weight is 378 g/mol. The van der Waals surface area contributed by atoms with E-state index in [1.807, 2.05) is 13.0 Å². The molecule has 0 spiro atoms. The van der Waals surface area contributed by atoms with Crippen molar-refractivity contribution in [3.63, 3.8) is 0 Å². The molecule has 2 amide bonds. The number of hydrogen-bond acceptors (Lipinski definition) is 3. The number of likely N-dealkylation sites (tertiary alicyclic amines) is 1. The van der Waals surface area contributed by atoms with Gasteiger partial charge in [0, 0.05) is 17.8 Å². The molecule has 25 heavy (non-hydrogen) atoms. The summed E-state index contributed by atoms with van der Waals surface area (Å²) in [6, 6.07) is 7.79. The number of aromatic nitrogens is 1. The van der Waals surface area contributed by atoms with E-state index in [0.717, 1.165) is 12.0 Å². The SMILES string of the molecule is Cc1ccc(NC(=O)[C@@H]2CCCN2C(=O)c2cc(Cl)ccc2Cl)nc1. The Morgan fingerprint density at radius 1 is 1.24 bits per heavy atom. The predicted molar refractivity (Wildman–Crippen MR) is 98.1 cm³/mol. The summed E-state index contributed by atoms with van der Waals surface area (Å²) in [5.74, 6) is -0.0712. The van der Waals surface area contributed by atoms with E-state index in [1.54, 1.807) is 29.3 Å². The molecule has 1 fully saturated rings. The quantitative estimate of drug-likeness (QED) is 0.880. The fourth-order valence-electron chi connectivity index (χ4n) is 2.85. The number of hydrogen-bond donors (Lipinski definition) is 1. The van der Waals surface area contributed by atoms with Gasteiger partial charge in [0.25, 0.3) is 5.91 Å². The summed E-state index contributed by atoms with van der Waals surface area (Å²) in [5.41, 5.74) is 1.31. The Morgan fingerprint density at radius 2 is 2.04 bits per heavy atom. The Balaban J connectivity index is 1.77. The Morgan fingerprint density at radius 3 is 2.76 bits per heavy atom. The van der Waals surface area contributed by atoms with Crippen molar-refractivity contribution in [2.24, 2.45) is 0 Å². The lowest BCUT2D eigenvalue weighted by molar-refractivity contribution is -0.119. The van der Waals surface area contributed by atoms with Gasteiger partial charge in [-0.3, -0.25) is 9.59 Å². The number of benzene rings is 1. The lowest BCUT2D eigenvalue weighted by Crippen LogP contribution is -2.43. The molecule has 0 aliphatic carbocycles. The molecule has 2 heterocycles. The van der Waals surface area contributed by atoms with Crippen LogP contribution in [0.5, 0.6) is 0 Å². The second-order valence-electron chi connectivity index (χ2n) is 5.99. The van der Waals surface area contributed by atoms with Crippen molar-refractivity contribution in [3.8, 4) is 0 Å². The van der Waals surface area contributed by atoms with Gasteiger partial charge in [0.05, 0.1) is 10.6 Å². The minimum atomic E-state index is -0.550. The molecule has 1 aromatic carbocycles. The molecular weight excluding hydrogens is 361 g/mol. The van der Waals surface area contributed by atoms with E-state index in [9.17, 15) is 9.59 Å². The van der Waals surface area contributed by atoms with E-state index in [2.05, 4.69) is 10.3 Å². The van der Waals surface area contributed by atoms with Gasteiger partial charge in [0.2, 0.25) is 5.91 Å². The van der Waals surface area contributed by atoms with Gasteiger partial charge in [0.15, 0.2) is 0 Å². The zero-order chi connectivity index (χ0) is 18.0. The summed E-state index contributed by atoms with van der Waals surface area (Å²) < 4.78 is 0. The summed E-state index contributed by atoms with van der Waals surface area (Å²) >= 11 is 12.1. The highest BCUT2D eigenvalue weighted by Crippen LogP contribution is 2.26. The van der Waals surface area contributed by atoms with Crippen LogP contribution in [-0.4, -0.2) is 34.3 Å². The van der Waals surface area contributed by atoms with Crippen LogP contribution in [0.25, 0.3) is 0 Å². The van der Waals surface area contributed by atoms with Crippen molar-refractivity contribution >= 4 is 40.8 Å². The fourth-order valence-corrected chi connectivity index (χ4v) is 3.22. The normalized spacial score (nSPS) is 16.8. The molecule has 2 aromatic rings. The second-order valence-corrected chi connectivity index (χ2v) is 6.83. The van der Waals surface area contributed by atoms with Crippen LogP contribution in [0.15, 0.2) is 36.5 Å². The van der Waals surface area contributed by atoms with Crippen molar-refractivity contribution in [2.75, 3.05) is 11.9 Å². The maximum Gasteiger partial charge on any atom is 0.256 e. The van der Waals surface area contributed by atoms with Crippen molar-refractivity contribution in [1.82, 2.24) is 9.88 Å². The number of aryl methyl sites for hydroxylation is 1. The van der Waals surface area contributed by atoms with E-state index >= 15 is 0 Å². The monoisotopic (exact) mass is 377 g/mol.